The van der Waals surface area contributed by atoms with Gasteiger partial charge in [-0.1, -0.05) is 6.92 Å². The lowest BCUT2D eigenvalue weighted by Crippen LogP contribution is -2.44. The molecular weight excluding hydrogens is 152 g/mol. The molecule has 0 radical (unpaired) electrons. The standard InChI is InChI=1S/C9H22N2O/c1-5-9(10)8(2)11(3)6-7-12-4/h8-9H,5-7,10H2,1-4H3. The summed E-state index contributed by atoms with van der Waals surface area (Å²) < 4.78 is 4.99. The summed E-state index contributed by atoms with van der Waals surface area (Å²) in [7, 11) is 3.80. The topological polar surface area (TPSA) is 38.5 Å². The van der Waals surface area contributed by atoms with Gasteiger partial charge < -0.3 is 10.5 Å². The minimum atomic E-state index is 0.270. The summed E-state index contributed by atoms with van der Waals surface area (Å²) in [4.78, 5) is 2.23. The minimum absolute atomic E-state index is 0.270. The zero-order valence-corrected chi connectivity index (χ0v) is 8.71. The molecular formula is C9H22N2O. The highest BCUT2D eigenvalue weighted by molar-refractivity contribution is 4.74. The lowest BCUT2D eigenvalue weighted by Gasteiger charge is -2.28. The summed E-state index contributed by atoms with van der Waals surface area (Å²) in [5.74, 6) is 0. The van der Waals surface area contributed by atoms with Gasteiger partial charge in [0.2, 0.25) is 0 Å². The first-order chi connectivity index (χ1) is 5.63. The Morgan fingerprint density at radius 1 is 1.50 bits per heavy atom. The highest BCUT2D eigenvalue weighted by Gasteiger charge is 2.14. The van der Waals surface area contributed by atoms with E-state index in [9.17, 15) is 0 Å². The van der Waals surface area contributed by atoms with Crippen LogP contribution >= 0.6 is 0 Å². The van der Waals surface area contributed by atoms with E-state index < -0.39 is 0 Å². The van der Waals surface area contributed by atoms with E-state index in [1.165, 1.54) is 0 Å². The van der Waals surface area contributed by atoms with Gasteiger partial charge in [-0.25, -0.2) is 0 Å². The molecule has 12 heavy (non-hydrogen) atoms. The molecule has 3 heteroatoms. The Morgan fingerprint density at radius 3 is 2.50 bits per heavy atom. The largest absolute Gasteiger partial charge is 0.383 e. The summed E-state index contributed by atoms with van der Waals surface area (Å²) in [6.07, 6.45) is 1.03. The van der Waals surface area contributed by atoms with Gasteiger partial charge in [0.05, 0.1) is 6.61 Å². The summed E-state index contributed by atoms with van der Waals surface area (Å²) in [5, 5.41) is 0. The van der Waals surface area contributed by atoms with Gasteiger partial charge in [0.25, 0.3) is 0 Å². The molecule has 0 aromatic heterocycles. The van der Waals surface area contributed by atoms with Crippen LogP contribution in [0.1, 0.15) is 20.3 Å². The first-order valence-electron chi connectivity index (χ1n) is 4.58. The summed E-state index contributed by atoms with van der Waals surface area (Å²) in [6.45, 7) is 6.00. The van der Waals surface area contributed by atoms with Crippen molar-refractivity contribution in [1.29, 1.82) is 0 Å². The number of ether oxygens (including phenoxy) is 1. The van der Waals surface area contributed by atoms with Gasteiger partial charge in [0.1, 0.15) is 0 Å². The molecule has 2 atom stereocenters. The maximum Gasteiger partial charge on any atom is 0.0589 e. The predicted octanol–water partition coefficient (Wildman–Crippen LogP) is 0.690. The first-order valence-corrected chi connectivity index (χ1v) is 4.58. The zero-order valence-electron chi connectivity index (χ0n) is 8.71. The average molecular weight is 174 g/mol. The zero-order chi connectivity index (χ0) is 9.56. The van der Waals surface area contributed by atoms with Crippen LogP contribution in [0.15, 0.2) is 0 Å². The molecule has 0 aromatic rings. The van der Waals surface area contributed by atoms with Crippen molar-refractivity contribution in [3.63, 3.8) is 0 Å². The van der Waals surface area contributed by atoms with Crippen molar-refractivity contribution in [1.82, 2.24) is 4.90 Å². The van der Waals surface area contributed by atoms with Gasteiger partial charge in [-0.15, -0.1) is 0 Å². The Balaban J connectivity index is 3.67. The molecule has 0 aliphatic rings. The van der Waals surface area contributed by atoms with Crippen molar-refractivity contribution in [2.45, 2.75) is 32.4 Å². The molecule has 0 fully saturated rings. The number of methoxy groups -OCH3 is 1. The molecule has 0 saturated carbocycles. The lowest BCUT2D eigenvalue weighted by molar-refractivity contribution is 0.134. The van der Waals surface area contributed by atoms with Crippen molar-refractivity contribution < 1.29 is 4.74 Å². The number of nitrogens with zero attached hydrogens (tertiary/aromatic N) is 1. The fourth-order valence-corrected chi connectivity index (χ4v) is 1.11. The van der Waals surface area contributed by atoms with Crippen LogP contribution in [0, 0.1) is 0 Å². The average Bonchev–Trinajstić information content (AvgIpc) is 2.11. The maximum atomic E-state index is 5.91. The maximum absolute atomic E-state index is 5.91. The molecule has 2 N–H and O–H groups in total. The number of nitrogens with two attached hydrogens (primary N) is 1. The van der Waals surface area contributed by atoms with E-state index in [-0.39, 0.29) is 6.04 Å². The molecule has 0 aliphatic heterocycles. The third-order valence-electron chi connectivity index (χ3n) is 2.43. The Labute approximate surface area is 75.9 Å². The lowest BCUT2D eigenvalue weighted by atomic mass is 10.1. The van der Waals surface area contributed by atoms with E-state index in [0.717, 1.165) is 19.6 Å². The van der Waals surface area contributed by atoms with Crippen molar-refractivity contribution >= 4 is 0 Å². The van der Waals surface area contributed by atoms with Gasteiger partial charge in [-0.05, 0) is 20.4 Å². The van der Waals surface area contributed by atoms with Crippen LogP contribution < -0.4 is 5.73 Å². The molecule has 0 spiro atoms. The van der Waals surface area contributed by atoms with Crippen molar-refractivity contribution in [3.05, 3.63) is 0 Å². The fraction of sp³-hybridized carbons (Fsp3) is 1.00. The summed E-state index contributed by atoms with van der Waals surface area (Å²) in [6, 6.07) is 0.706. The van der Waals surface area contributed by atoms with E-state index in [0.29, 0.717) is 6.04 Å². The summed E-state index contributed by atoms with van der Waals surface area (Å²) >= 11 is 0. The Hall–Kier alpha value is -0.120. The SMILES string of the molecule is CCC(N)C(C)N(C)CCOC. The van der Waals surface area contributed by atoms with Crippen molar-refractivity contribution in [2.75, 3.05) is 27.3 Å². The van der Waals surface area contributed by atoms with Crippen LogP contribution in [-0.4, -0.2) is 44.3 Å². The number of hydrogen-bond donors (Lipinski definition) is 1. The predicted molar refractivity (Wildman–Crippen MR) is 52.2 cm³/mol. The van der Waals surface area contributed by atoms with Crippen LogP contribution in [-0.2, 0) is 4.74 Å². The normalized spacial score (nSPS) is 16.5. The quantitative estimate of drug-likeness (QED) is 0.644. The van der Waals surface area contributed by atoms with Crippen LogP contribution in [0.25, 0.3) is 0 Å². The molecule has 0 saturated heterocycles. The van der Waals surface area contributed by atoms with Crippen LogP contribution in [0.2, 0.25) is 0 Å². The van der Waals surface area contributed by atoms with Gasteiger partial charge in [0.15, 0.2) is 0 Å². The Kier molecular flexibility index (Phi) is 6.34. The second-order valence-corrected chi connectivity index (χ2v) is 3.29. The summed E-state index contributed by atoms with van der Waals surface area (Å²) in [5.41, 5.74) is 5.91. The van der Waals surface area contributed by atoms with E-state index in [4.69, 9.17) is 10.5 Å². The number of likely N-dealkylation sites (N-methyl/N-ethyl adjacent to an activating group) is 1. The third-order valence-corrected chi connectivity index (χ3v) is 2.43. The first kappa shape index (κ1) is 11.9. The monoisotopic (exact) mass is 174 g/mol. The van der Waals surface area contributed by atoms with Gasteiger partial charge in [-0.2, -0.15) is 0 Å². The highest BCUT2D eigenvalue weighted by Crippen LogP contribution is 2.02. The highest BCUT2D eigenvalue weighted by atomic mass is 16.5. The Morgan fingerprint density at radius 2 is 2.08 bits per heavy atom. The van der Waals surface area contributed by atoms with E-state index in [2.05, 4.69) is 25.8 Å². The minimum Gasteiger partial charge on any atom is -0.383 e. The van der Waals surface area contributed by atoms with Gasteiger partial charge >= 0.3 is 0 Å². The van der Waals surface area contributed by atoms with Crippen molar-refractivity contribution in [3.8, 4) is 0 Å². The number of rotatable bonds is 6. The molecule has 0 rings (SSSR count). The Bertz CT molecular complexity index is 109. The van der Waals surface area contributed by atoms with Crippen LogP contribution in [0.3, 0.4) is 0 Å². The molecule has 0 aliphatic carbocycles. The van der Waals surface area contributed by atoms with E-state index in [1.807, 2.05) is 0 Å². The molecule has 0 bridgehead atoms. The van der Waals surface area contributed by atoms with E-state index in [1.54, 1.807) is 7.11 Å². The number of hydrogen-bond acceptors (Lipinski definition) is 3. The van der Waals surface area contributed by atoms with Gasteiger partial charge in [-0.3, -0.25) is 4.90 Å². The molecule has 3 nitrogen and oxygen atoms in total. The van der Waals surface area contributed by atoms with E-state index >= 15 is 0 Å². The van der Waals surface area contributed by atoms with Gasteiger partial charge in [0, 0.05) is 25.7 Å². The smallest absolute Gasteiger partial charge is 0.0589 e. The molecule has 0 amide bonds. The third kappa shape index (κ3) is 4.04. The molecule has 0 heterocycles. The second kappa shape index (κ2) is 6.40. The fourth-order valence-electron chi connectivity index (χ4n) is 1.11. The van der Waals surface area contributed by atoms with Crippen molar-refractivity contribution in [2.24, 2.45) is 5.73 Å². The second-order valence-electron chi connectivity index (χ2n) is 3.29. The van der Waals surface area contributed by atoms with Crippen LogP contribution in [0.5, 0.6) is 0 Å². The molecule has 74 valence electrons. The molecule has 0 aromatic carbocycles. The molecule has 2 unspecified atom stereocenters. The van der Waals surface area contributed by atoms with Crippen LogP contribution in [0.4, 0.5) is 0 Å².